The van der Waals surface area contributed by atoms with E-state index in [0.29, 0.717) is 24.5 Å². The van der Waals surface area contributed by atoms with Crippen LogP contribution in [0.1, 0.15) is 0 Å². The number of aromatic nitrogens is 4. The molecule has 0 aliphatic rings. The van der Waals surface area contributed by atoms with Gasteiger partial charge in [-0.05, 0) is 54.6 Å². The van der Waals surface area contributed by atoms with Crippen molar-refractivity contribution in [1.29, 1.82) is 0 Å². The predicted octanol–water partition coefficient (Wildman–Crippen LogP) is 3.52. The lowest BCUT2D eigenvalue weighted by Crippen LogP contribution is -2.10. The number of fused-ring (bicyclic) bond motifs is 1. The highest BCUT2D eigenvalue weighted by Gasteiger charge is 2.15. The number of phenolic OH excluding ortho intramolecular Hbond substituents is 1. The number of ether oxygens (including phenoxy) is 1. The van der Waals surface area contributed by atoms with Gasteiger partial charge in [0.05, 0.1) is 12.8 Å². The molecular weight excluding hydrogens is 360 g/mol. The summed E-state index contributed by atoms with van der Waals surface area (Å²) in [5, 5.41) is 14.3. The second-order valence-corrected chi connectivity index (χ2v) is 11.5. The number of phenols is 1. The van der Waals surface area contributed by atoms with Gasteiger partial charge in [-0.2, -0.15) is 5.10 Å². The molecule has 0 atom stereocenters. The van der Waals surface area contributed by atoms with Crippen LogP contribution in [0.5, 0.6) is 5.75 Å². The summed E-state index contributed by atoms with van der Waals surface area (Å²) in [4.78, 5) is 8.38. The lowest BCUT2D eigenvalue weighted by molar-refractivity contribution is 0.0842. The van der Waals surface area contributed by atoms with Crippen molar-refractivity contribution < 1.29 is 9.84 Å². The van der Waals surface area contributed by atoms with Gasteiger partial charge in [0.2, 0.25) is 5.28 Å². The predicted molar refractivity (Wildman–Crippen MR) is 104 cm³/mol. The van der Waals surface area contributed by atoms with Gasteiger partial charge >= 0.3 is 0 Å². The summed E-state index contributed by atoms with van der Waals surface area (Å²) in [5.41, 5.74) is 2.95. The Morgan fingerprint density at radius 1 is 1.20 bits per heavy atom. The van der Waals surface area contributed by atoms with Crippen molar-refractivity contribution in [2.45, 2.75) is 6.73 Å². The number of halogens is 1. The Bertz CT molecular complexity index is 875. The number of hydrogen-bond acceptors (Lipinski definition) is 5. The monoisotopic (exact) mass is 380 g/mol. The van der Waals surface area contributed by atoms with Crippen LogP contribution in [0, 0.1) is 0 Å². The molecule has 1 N–H and O–H groups in total. The van der Waals surface area contributed by atoms with E-state index in [2.05, 4.69) is 33.8 Å². The zero-order valence-corrected chi connectivity index (χ0v) is 16.0. The van der Waals surface area contributed by atoms with Gasteiger partial charge in [0.1, 0.15) is 29.2 Å². The van der Waals surface area contributed by atoms with Gasteiger partial charge < -0.3 is 9.84 Å². The van der Waals surface area contributed by atoms with E-state index in [1.807, 2.05) is 0 Å². The molecule has 3 aromatic rings. The standard InChI is InChI=1S/C17H21ClN4O2S/c1-25(2,3)9-8-24-11-22-14-10-19-17(18)20-16(14)15(21-22)12-4-6-13(23)7-5-12/h4-7,10,23H,8-9,11H2,1-3H3. The SMILES string of the molecule is CS(C)(C)CCOCn1nc(-c2ccc(O)cc2)c2nc(Cl)ncc21. The molecule has 2 aromatic heterocycles. The summed E-state index contributed by atoms with van der Waals surface area (Å²) in [6.45, 7) is 1.01. The smallest absolute Gasteiger partial charge is 0.223 e. The van der Waals surface area contributed by atoms with E-state index in [4.69, 9.17) is 16.3 Å². The molecule has 0 fully saturated rings. The largest absolute Gasteiger partial charge is 0.508 e. The Kier molecular flexibility index (Phi) is 5.17. The van der Waals surface area contributed by atoms with Crippen molar-refractivity contribution in [2.24, 2.45) is 0 Å². The van der Waals surface area contributed by atoms with Crippen molar-refractivity contribution in [3.63, 3.8) is 0 Å². The van der Waals surface area contributed by atoms with Crippen LogP contribution in [0.4, 0.5) is 0 Å². The van der Waals surface area contributed by atoms with E-state index < -0.39 is 10.0 Å². The van der Waals surface area contributed by atoms with E-state index in [-0.39, 0.29) is 11.0 Å². The topological polar surface area (TPSA) is 73.1 Å². The molecule has 0 bridgehead atoms. The minimum absolute atomic E-state index is 0.171. The highest BCUT2D eigenvalue weighted by molar-refractivity contribution is 8.32. The molecule has 0 saturated carbocycles. The fourth-order valence-corrected chi connectivity index (χ4v) is 3.06. The van der Waals surface area contributed by atoms with Crippen molar-refractivity contribution in [3.05, 3.63) is 35.7 Å². The van der Waals surface area contributed by atoms with E-state index in [0.717, 1.165) is 16.8 Å². The summed E-state index contributed by atoms with van der Waals surface area (Å²) in [6, 6.07) is 6.82. The van der Waals surface area contributed by atoms with Gasteiger partial charge in [0.15, 0.2) is 0 Å². The van der Waals surface area contributed by atoms with Gasteiger partial charge in [-0.25, -0.2) is 24.7 Å². The van der Waals surface area contributed by atoms with Crippen LogP contribution in [-0.4, -0.2) is 56.0 Å². The van der Waals surface area contributed by atoms with Gasteiger partial charge in [-0.1, -0.05) is 0 Å². The maximum atomic E-state index is 9.48. The van der Waals surface area contributed by atoms with Gasteiger partial charge in [-0.15, -0.1) is 0 Å². The molecule has 0 aliphatic carbocycles. The normalized spacial score (nSPS) is 12.6. The maximum absolute atomic E-state index is 9.48. The summed E-state index contributed by atoms with van der Waals surface area (Å²) in [5.74, 6) is 1.24. The maximum Gasteiger partial charge on any atom is 0.223 e. The van der Waals surface area contributed by atoms with E-state index in [9.17, 15) is 5.11 Å². The van der Waals surface area contributed by atoms with Crippen LogP contribution in [-0.2, 0) is 11.5 Å². The van der Waals surface area contributed by atoms with Crippen LogP contribution in [0.15, 0.2) is 30.5 Å². The average molecular weight is 381 g/mol. The Hall–Kier alpha value is -1.83. The molecule has 0 saturated heterocycles. The highest BCUT2D eigenvalue weighted by atomic mass is 35.5. The molecule has 134 valence electrons. The zero-order valence-electron chi connectivity index (χ0n) is 14.4. The first-order valence-corrected chi connectivity index (χ1v) is 11.2. The fraction of sp³-hybridized carbons (Fsp3) is 0.353. The molecule has 0 radical (unpaired) electrons. The highest BCUT2D eigenvalue weighted by Crippen LogP contribution is 2.33. The second-order valence-electron chi connectivity index (χ2n) is 6.60. The molecule has 0 spiro atoms. The van der Waals surface area contributed by atoms with Gasteiger partial charge in [-0.3, -0.25) is 0 Å². The first-order chi connectivity index (χ1) is 11.8. The van der Waals surface area contributed by atoms with E-state index in [1.54, 1.807) is 35.1 Å². The van der Waals surface area contributed by atoms with Crippen LogP contribution < -0.4 is 0 Å². The van der Waals surface area contributed by atoms with Gasteiger partial charge in [0, 0.05) is 11.3 Å². The number of nitrogens with zero attached hydrogens (tertiary/aromatic N) is 4. The molecule has 3 rings (SSSR count). The van der Waals surface area contributed by atoms with Crippen molar-refractivity contribution in [1.82, 2.24) is 19.7 Å². The Morgan fingerprint density at radius 2 is 1.92 bits per heavy atom. The third-order valence-electron chi connectivity index (χ3n) is 3.66. The van der Waals surface area contributed by atoms with Crippen LogP contribution >= 0.6 is 21.6 Å². The number of aromatic hydroxyl groups is 1. The summed E-state index contributed by atoms with van der Waals surface area (Å²) >= 11 is 5.96. The zero-order chi connectivity index (χ0) is 18.0. The molecule has 2 heterocycles. The minimum atomic E-state index is -0.589. The molecule has 0 amide bonds. The van der Waals surface area contributed by atoms with E-state index >= 15 is 0 Å². The van der Waals surface area contributed by atoms with Crippen molar-refractivity contribution >= 4 is 32.7 Å². The van der Waals surface area contributed by atoms with Crippen LogP contribution in [0.2, 0.25) is 5.28 Å². The molecule has 0 aliphatic heterocycles. The minimum Gasteiger partial charge on any atom is -0.508 e. The first-order valence-electron chi connectivity index (χ1n) is 7.76. The first kappa shape index (κ1) is 18.0. The number of rotatable bonds is 6. The molecule has 25 heavy (non-hydrogen) atoms. The fourth-order valence-electron chi connectivity index (χ4n) is 2.31. The summed E-state index contributed by atoms with van der Waals surface area (Å²) in [6.07, 6.45) is 8.44. The number of benzene rings is 1. The molecule has 1 aromatic carbocycles. The third kappa shape index (κ3) is 4.42. The van der Waals surface area contributed by atoms with Crippen LogP contribution in [0.25, 0.3) is 22.3 Å². The average Bonchev–Trinajstić information content (AvgIpc) is 2.89. The molecule has 0 unspecified atom stereocenters. The molecule has 8 heteroatoms. The quantitative estimate of drug-likeness (QED) is 0.523. The van der Waals surface area contributed by atoms with Crippen molar-refractivity contribution in [2.75, 3.05) is 31.1 Å². The molecule has 6 nitrogen and oxygen atoms in total. The Labute approximate surface area is 153 Å². The second kappa shape index (κ2) is 7.19. The van der Waals surface area contributed by atoms with Gasteiger partial charge in [0.25, 0.3) is 0 Å². The third-order valence-corrected chi connectivity index (χ3v) is 5.23. The number of hydrogen-bond donors (Lipinski definition) is 1. The Morgan fingerprint density at radius 3 is 2.60 bits per heavy atom. The summed E-state index contributed by atoms with van der Waals surface area (Å²) < 4.78 is 7.54. The molecular formula is C17H21ClN4O2S. The lowest BCUT2D eigenvalue weighted by atomic mass is 10.1. The lowest BCUT2D eigenvalue weighted by Gasteiger charge is -2.24. The van der Waals surface area contributed by atoms with E-state index in [1.165, 1.54) is 0 Å². The summed E-state index contributed by atoms with van der Waals surface area (Å²) in [7, 11) is -0.589. The van der Waals surface area contributed by atoms with Crippen LogP contribution in [0.3, 0.4) is 0 Å². The Balaban J connectivity index is 1.90. The van der Waals surface area contributed by atoms with Crippen molar-refractivity contribution in [3.8, 4) is 17.0 Å².